The Labute approximate surface area is 57.4 Å². The SMILES string of the molecule is CCBr.[NaH]. The topological polar surface area (TPSA) is 0 Å². The molecular formula is C2H6BrNa. The molecule has 0 saturated carbocycles. The summed E-state index contributed by atoms with van der Waals surface area (Å²) >= 11 is 3.15. The number of hydrogen-bond acceptors (Lipinski definition) is 0. The van der Waals surface area contributed by atoms with Crippen LogP contribution in [0.15, 0.2) is 0 Å². The number of rotatable bonds is 0. The van der Waals surface area contributed by atoms with E-state index < -0.39 is 0 Å². The van der Waals surface area contributed by atoms with Crippen LogP contribution in [0.25, 0.3) is 0 Å². The molecule has 2 heteroatoms. The molecule has 0 bridgehead atoms. The van der Waals surface area contributed by atoms with E-state index >= 15 is 0 Å². The molecule has 0 saturated heterocycles. The third-order valence-corrected chi connectivity index (χ3v) is 0. The van der Waals surface area contributed by atoms with Gasteiger partial charge in [0, 0.05) is 5.33 Å². The fourth-order valence-corrected chi connectivity index (χ4v) is 0. The van der Waals surface area contributed by atoms with Gasteiger partial charge >= 0.3 is 29.6 Å². The van der Waals surface area contributed by atoms with Crippen molar-refractivity contribution >= 4 is 45.5 Å². The average Bonchev–Trinajstić information content (AvgIpc) is 0.918. The molecule has 0 unspecified atom stereocenters. The fraction of sp³-hybridized carbons (Fsp3) is 1.00. The number of halogens is 1. The predicted molar refractivity (Wildman–Crippen MR) is 26.6 cm³/mol. The Kier molecular flexibility index (Phi) is 20.0. The van der Waals surface area contributed by atoms with Crippen LogP contribution < -0.4 is 0 Å². The van der Waals surface area contributed by atoms with Crippen molar-refractivity contribution in [3.63, 3.8) is 0 Å². The van der Waals surface area contributed by atoms with Crippen LogP contribution in [0.1, 0.15) is 6.92 Å². The standard InChI is InChI=1S/C2H5Br.Na.H/c1-2-3;;/h2H2,1H3;;. The molecule has 0 aromatic rings. The van der Waals surface area contributed by atoms with Crippen molar-refractivity contribution in [1.82, 2.24) is 0 Å². The van der Waals surface area contributed by atoms with Crippen LogP contribution in [-0.2, 0) is 0 Å². The molecule has 0 fully saturated rings. The van der Waals surface area contributed by atoms with Crippen LogP contribution in [0.2, 0.25) is 0 Å². The van der Waals surface area contributed by atoms with Crippen LogP contribution >= 0.6 is 15.9 Å². The normalized spacial score (nSPS) is 4.50. The van der Waals surface area contributed by atoms with Crippen molar-refractivity contribution in [3.8, 4) is 0 Å². The molecule has 0 nitrogen and oxygen atoms in total. The van der Waals surface area contributed by atoms with Gasteiger partial charge < -0.3 is 0 Å². The first-order valence-electron chi connectivity index (χ1n) is 0.974. The molecule has 0 atom stereocenters. The molecule has 0 radical (unpaired) electrons. The van der Waals surface area contributed by atoms with Crippen molar-refractivity contribution in [3.05, 3.63) is 0 Å². The zero-order valence-electron chi connectivity index (χ0n) is 2.09. The van der Waals surface area contributed by atoms with E-state index in [9.17, 15) is 0 Å². The van der Waals surface area contributed by atoms with Crippen molar-refractivity contribution < 1.29 is 0 Å². The Hall–Kier alpha value is 1.48. The molecule has 0 aliphatic rings. The van der Waals surface area contributed by atoms with Gasteiger partial charge in [-0.2, -0.15) is 0 Å². The number of alkyl halides is 1. The molecule has 0 heterocycles. The minimum atomic E-state index is 0. The van der Waals surface area contributed by atoms with E-state index in [1.165, 1.54) is 0 Å². The van der Waals surface area contributed by atoms with Crippen molar-refractivity contribution in [1.29, 1.82) is 0 Å². The summed E-state index contributed by atoms with van der Waals surface area (Å²) in [5.74, 6) is 0. The molecule has 0 spiro atoms. The third-order valence-electron chi connectivity index (χ3n) is 0. The second kappa shape index (κ2) is 8.82. The average molecular weight is 133 g/mol. The van der Waals surface area contributed by atoms with Crippen LogP contribution in [0.4, 0.5) is 0 Å². The van der Waals surface area contributed by atoms with Gasteiger partial charge in [-0.05, 0) is 0 Å². The second-order valence-corrected chi connectivity index (χ2v) is 1.39. The summed E-state index contributed by atoms with van der Waals surface area (Å²) in [4.78, 5) is 0. The van der Waals surface area contributed by atoms with Gasteiger partial charge in [0.15, 0.2) is 0 Å². The van der Waals surface area contributed by atoms with Crippen molar-refractivity contribution in [2.24, 2.45) is 0 Å². The Balaban J connectivity index is 0. The van der Waals surface area contributed by atoms with Crippen LogP contribution in [0.5, 0.6) is 0 Å². The van der Waals surface area contributed by atoms with Gasteiger partial charge in [-0.3, -0.25) is 0 Å². The molecule has 0 aliphatic carbocycles. The molecule has 4 heavy (non-hydrogen) atoms. The van der Waals surface area contributed by atoms with Gasteiger partial charge in [-0.25, -0.2) is 0 Å². The van der Waals surface area contributed by atoms with Gasteiger partial charge in [-0.15, -0.1) is 0 Å². The molecule has 0 amide bonds. The van der Waals surface area contributed by atoms with Crippen LogP contribution in [0.3, 0.4) is 0 Å². The van der Waals surface area contributed by atoms with Crippen molar-refractivity contribution in [2.45, 2.75) is 6.92 Å². The zero-order valence-corrected chi connectivity index (χ0v) is 3.67. The summed E-state index contributed by atoms with van der Waals surface area (Å²) < 4.78 is 0. The van der Waals surface area contributed by atoms with E-state index in [1.807, 2.05) is 6.92 Å². The minimum absolute atomic E-state index is 0. The summed E-state index contributed by atoms with van der Waals surface area (Å²) in [6.07, 6.45) is 0. The van der Waals surface area contributed by atoms with E-state index in [0.29, 0.717) is 0 Å². The monoisotopic (exact) mass is 132 g/mol. The van der Waals surface area contributed by atoms with Crippen LogP contribution in [0, 0.1) is 0 Å². The first-order valence-corrected chi connectivity index (χ1v) is 2.10. The maximum atomic E-state index is 3.15. The molecule has 22 valence electrons. The van der Waals surface area contributed by atoms with E-state index in [1.54, 1.807) is 0 Å². The van der Waals surface area contributed by atoms with Gasteiger partial charge in [0.2, 0.25) is 0 Å². The molecule has 0 aliphatic heterocycles. The molecule has 0 aromatic heterocycles. The Morgan fingerprint density at radius 1 is 1.75 bits per heavy atom. The maximum absolute atomic E-state index is 3.15. The molecule has 0 aromatic carbocycles. The first-order chi connectivity index (χ1) is 1.41. The van der Waals surface area contributed by atoms with E-state index in [2.05, 4.69) is 15.9 Å². The van der Waals surface area contributed by atoms with E-state index in [-0.39, 0.29) is 29.6 Å². The molecule has 0 N–H and O–H groups in total. The molecular weight excluding hydrogens is 127 g/mol. The quantitative estimate of drug-likeness (QED) is 0.338. The summed E-state index contributed by atoms with van der Waals surface area (Å²) in [5, 5.41) is 1.06. The summed E-state index contributed by atoms with van der Waals surface area (Å²) in [7, 11) is 0. The van der Waals surface area contributed by atoms with Gasteiger partial charge in [0.05, 0.1) is 0 Å². The van der Waals surface area contributed by atoms with Gasteiger partial charge in [-0.1, -0.05) is 22.9 Å². The Bertz CT molecular complexity index is 6.00. The van der Waals surface area contributed by atoms with Crippen LogP contribution in [-0.4, -0.2) is 34.9 Å². The zero-order chi connectivity index (χ0) is 2.71. The van der Waals surface area contributed by atoms with E-state index in [0.717, 1.165) is 5.33 Å². The third kappa shape index (κ3) is 9.77. The van der Waals surface area contributed by atoms with E-state index in [4.69, 9.17) is 0 Å². The Morgan fingerprint density at radius 3 is 1.75 bits per heavy atom. The summed E-state index contributed by atoms with van der Waals surface area (Å²) in [5.41, 5.74) is 0. The van der Waals surface area contributed by atoms with Gasteiger partial charge in [0.1, 0.15) is 0 Å². The number of hydrogen-bond donors (Lipinski definition) is 0. The summed E-state index contributed by atoms with van der Waals surface area (Å²) in [6, 6.07) is 0. The van der Waals surface area contributed by atoms with Crippen molar-refractivity contribution in [2.75, 3.05) is 5.33 Å². The fourth-order valence-electron chi connectivity index (χ4n) is 0. The Morgan fingerprint density at radius 2 is 1.75 bits per heavy atom. The first kappa shape index (κ1) is 9.08. The predicted octanol–water partition coefficient (Wildman–Crippen LogP) is 0.753. The molecule has 0 rings (SSSR count). The second-order valence-electron chi connectivity index (χ2n) is 0.267. The van der Waals surface area contributed by atoms with Gasteiger partial charge in [0.25, 0.3) is 0 Å². The summed E-state index contributed by atoms with van der Waals surface area (Å²) in [6.45, 7) is 2.04.